The fourth-order valence-electron chi connectivity index (χ4n) is 5.25. The number of rotatable bonds is 13. The quantitative estimate of drug-likeness (QED) is 0.111. The van der Waals surface area contributed by atoms with Gasteiger partial charge >= 0.3 is 6.03 Å². The van der Waals surface area contributed by atoms with Crippen LogP contribution in [-0.2, 0) is 6.54 Å². The van der Waals surface area contributed by atoms with E-state index in [2.05, 4.69) is 49.9 Å². The molecule has 43 heavy (non-hydrogen) atoms. The highest BCUT2D eigenvalue weighted by Crippen LogP contribution is 2.36. The second-order valence-corrected chi connectivity index (χ2v) is 11.2. The van der Waals surface area contributed by atoms with E-state index in [1.54, 1.807) is 10.8 Å². The number of carbonyl (C=O) groups excluding carboxylic acids is 1. The van der Waals surface area contributed by atoms with Gasteiger partial charge in [-0.05, 0) is 65.6 Å². The lowest BCUT2D eigenvalue weighted by atomic mass is 9.93. The van der Waals surface area contributed by atoms with Crippen LogP contribution in [0.4, 0.5) is 16.2 Å². The van der Waals surface area contributed by atoms with E-state index >= 15 is 0 Å². The first kappa shape index (κ1) is 31.5. The number of allylic oxidation sites excluding steroid dienone is 1. The number of aliphatic hydroxyl groups is 1. The van der Waals surface area contributed by atoms with Crippen LogP contribution >= 0.6 is 0 Å². The number of aryl methyl sites for hydroxylation is 1. The standard InChI is InChI=1S/C35H42N4O4/c1-6-7-8-19-39-33-29(17-11-18-36-33)30(25-13-9-14-26(22-25)43-21-12-20-40)32(34(39)41)38-35(42)37-31-27(23(2)3)15-10-16-28(31)24(4)5/h6,9-11,13-18,22-24,40H,1,7-8,12,19-21H2,2-5H3,(H2,37,38,42). The fraction of sp³-hybridized carbons (Fsp3) is 0.343. The van der Waals surface area contributed by atoms with Gasteiger partial charge in [0.2, 0.25) is 0 Å². The van der Waals surface area contributed by atoms with Gasteiger partial charge in [-0.15, -0.1) is 6.58 Å². The molecule has 8 heteroatoms. The first-order chi connectivity index (χ1) is 20.8. The number of nitrogens with zero attached hydrogens (tertiary/aromatic N) is 2. The summed E-state index contributed by atoms with van der Waals surface area (Å²) < 4.78 is 7.47. The van der Waals surface area contributed by atoms with Gasteiger partial charge in [0.15, 0.2) is 0 Å². The Labute approximate surface area is 253 Å². The van der Waals surface area contributed by atoms with Crippen LogP contribution in [0.3, 0.4) is 0 Å². The zero-order valence-corrected chi connectivity index (χ0v) is 25.5. The number of urea groups is 1. The molecule has 0 aliphatic carbocycles. The third-order valence-corrected chi connectivity index (χ3v) is 7.35. The summed E-state index contributed by atoms with van der Waals surface area (Å²) >= 11 is 0. The highest BCUT2D eigenvalue weighted by molar-refractivity contribution is 6.07. The molecule has 2 amide bonds. The summed E-state index contributed by atoms with van der Waals surface area (Å²) in [7, 11) is 0. The molecular formula is C35H42N4O4. The number of aromatic nitrogens is 2. The molecule has 0 radical (unpaired) electrons. The largest absolute Gasteiger partial charge is 0.493 e. The van der Waals surface area contributed by atoms with Crippen molar-refractivity contribution in [1.82, 2.24) is 9.55 Å². The van der Waals surface area contributed by atoms with Crippen LogP contribution < -0.4 is 20.9 Å². The van der Waals surface area contributed by atoms with E-state index in [1.807, 2.05) is 60.7 Å². The number of benzene rings is 2. The van der Waals surface area contributed by atoms with Crippen molar-refractivity contribution in [3.05, 3.63) is 94.9 Å². The van der Waals surface area contributed by atoms with Crippen molar-refractivity contribution in [3.63, 3.8) is 0 Å². The van der Waals surface area contributed by atoms with Crippen molar-refractivity contribution in [2.75, 3.05) is 23.8 Å². The Bertz CT molecular complexity index is 1610. The number of carbonyl (C=O) groups is 1. The number of aliphatic hydroxyl groups excluding tert-OH is 1. The fourth-order valence-corrected chi connectivity index (χ4v) is 5.25. The summed E-state index contributed by atoms with van der Waals surface area (Å²) in [5.74, 6) is 0.972. The molecule has 2 aromatic carbocycles. The average molecular weight is 583 g/mol. The number of pyridine rings is 2. The summed E-state index contributed by atoms with van der Waals surface area (Å²) in [4.78, 5) is 32.6. The van der Waals surface area contributed by atoms with Gasteiger partial charge in [-0.1, -0.05) is 64.1 Å². The lowest BCUT2D eigenvalue weighted by Crippen LogP contribution is -2.30. The maximum Gasteiger partial charge on any atom is 0.323 e. The van der Waals surface area contributed by atoms with Crippen LogP contribution in [0.5, 0.6) is 5.75 Å². The second kappa shape index (κ2) is 14.6. The molecule has 2 aromatic heterocycles. The molecule has 0 aliphatic rings. The zero-order valence-electron chi connectivity index (χ0n) is 25.5. The van der Waals surface area contributed by atoms with E-state index in [-0.39, 0.29) is 29.7 Å². The molecule has 0 unspecified atom stereocenters. The lowest BCUT2D eigenvalue weighted by molar-refractivity contribution is 0.233. The molecule has 0 bridgehead atoms. The lowest BCUT2D eigenvalue weighted by Gasteiger charge is -2.22. The van der Waals surface area contributed by atoms with Gasteiger partial charge < -0.3 is 20.5 Å². The normalized spacial score (nSPS) is 11.2. The topological polar surface area (TPSA) is 105 Å². The first-order valence-corrected chi connectivity index (χ1v) is 14.9. The number of hydrogen-bond acceptors (Lipinski definition) is 5. The Balaban J connectivity index is 1.87. The Kier molecular flexibility index (Phi) is 10.7. The molecule has 226 valence electrons. The van der Waals surface area contributed by atoms with Gasteiger partial charge in [0.25, 0.3) is 5.56 Å². The Morgan fingerprint density at radius 3 is 2.37 bits per heavy atom. The van der Waals surface area contributed by atoms with Gasteiger partial charge in [-0.3, -0.25) is 9.36 Å². The van der Waals surface area contributed by atoms with Crippen LogP contribution in [0.15, 0.2) is 78.2 Å². The van der Waals surface area contributed by atoms with Crippen molar-refractivity contribution in [3.8, 4) is 16.9 Å². The molecule has 0 saturated carbocycles. The maximum absolute atomic E-state index is 14.2. The van der Waals surface area contributed by atoms with Gasteiger partial charge in [-0.25, -0.2) is 9.78 Å². The van der Waals surface area contributed by atoms with E-state index in [9.17, 15) is 14.7 Å². The van der Waals surface area contributed by atoms with Crippen molar-refractivity contribution in [2.45, 2.75) is 65.3 Å². The number of ether oxygens (including phenoxy) is 1. The van der Waals surface area contributed by atoms with Crippen LogP contribution in [0.2, 0.25) is 0 Å². The van der Waals surface area contributed by atoms with Crippen LogP contribution in [0.1, 0.15) is 69.9 Å². The molecule has 0 atom stereocenters. The predicted molar refractivity (Wildman–Crippen MR) is 175 cm³/mol. The van der Waals surface area contributed by atoms with E-state index in [1.165, 1.54) is 0 Å². The Hall–Kier alpha value is -4.43. The summed E-state index contributed by atoms with van der Waals surface area (Å²) in [6, 6.07) is 16.7. The van der Waals surface area contributed by atoms with Crippen LogP contribution in [-0.4, -0.2) is 33.9 Å². The van der Waals surface area contributed by atoms with E-state index in [0.29, 0.717) is 48.5 Å². The SMILES string of the molecule is C=CCCCn1c(=O)c(NC(=O)Nc2c(C(C)C)cccc2C(C)C)c(-c2cccc(OCCCO)c2)c2cccnc21. The van der Waals surface area contributed by atoms with E-state index in [0.717, 1.165) is 28.6 Å². The van der Waals surface area contributed by atoms with Gasteiger partial charge in [0, 0.05) is 42.4 Å². The monoisotopic (exact) mass is 582 g/mol. The summed E-state index contributed by atoms with van der Waals surface area (Å²) in [5, 5.41) is 15.9. The number of para-hydroxylation sites is 1. The van der Waals surface area contributed by atoms with E-state index < -0.39 is 6.03 Å². The summed E-state index contributed by atoms with van der Waals surface area (Å²) in [6.45, 7) is 13.0. The number of nitrogens with one attached hydrogen (secondary N) is 2. The number of hydrogen-bond donors (Lipinski definition) is 3. The molecule has 4 rings (SSSR count). The predicted octanol–water partition coefficient (Wildman–Crippen LogP) is 7.68. The van der Waals surface area contributed by atoms with Crippen LogP contribution in [0.25, 0.3) is 22.2 Å². The van der Waals surface area contributed by atoms with Gasteiger partial charge in [0.05, 0.1) is 6.61 Å². The Morgan fingerprint density at radius 1 is 1.00 bits per heavy atom. The maximum atomic E-state index is 14.2. The number of fused-ring (bicyclic) bond motifs is 1. The zero-order chi connectivity index (χ0) is 30.9. The van der Waals surface area contributed by atoms with Crippen LogP contribution in [0, 0.1) is 0 Å². The third kappa shape index (κ3) is 7.32. The highest BCUT2D eigenvalue weighted by atomic mass is 16.5. The second-order valence-electron chi connectivity index (χ2n) is 11.2. The van der Waals surface area contributed by atoms with Crippen molar-refractivity contribution >= 4 is 28.4 Å². The van der Waals surface area contributed by atoms with Crippen molar-refractivity contribution in [1.29, 1.82) is 0 Å². The third-order valence-electron chi connectivity index (χ3n) is 7.35. The minimum absolute atomic E-state index is 0.0295. The summed E-state index contributed by atoms with van der Waals surface area (Å²) in [5.41, 5.74) is 4.45. The summed E-state index contributed by atoms with van der Waals surface area (Å²) in [6.07, 6.45) is 5.43. The van der Waals surface area contributed by atoms with Crippen molar-refractivity contribution < 1.29 is 14.6 Å². The van der Waals surface area contributed by atoms with Crippen molar-refractivity contribution in [2.24, 2.45) is 0 Å². The molecule has 0 fully saturated rings. The average Bonchev–Trinajstić information content (AvgIpc) is 2.99. The Morgan fingerprint density at radius 2 is 1.70 bits per heavy atom. The van der Waals surface area contributed by atoms with Gasteiger partial charge in [0.1, 0.15) is 17.1 Å². The number of unbranched alkanes of at least 4 members (excludes halogenated alkanes) is 1. The van der Waals surface area contributed by atoms with Gasteiger partial charge in [-0.2, -0.15) is 0 Å². The highest BCUT2D eigenvalue weighted by Gasteiger charge is 2.23. The molecule has 0 spiro atoms. The molecule has 2 heterocycles. The molecule has 3 N–H and O–H groups in total. The molecule has 8 nitrogen and oxygen atoms in total. The molecule has 0 saturated heterocycles. The number of amides is 2. The molecular weight excluding hydrogens is 540 g/mol. The minimum atomic E-state index is -0.496. The smallest absolute Gasteiger partial charge is 0.323 e. The minimum Gasteiger partial charge on any atom is -0.493 e. The first-order valence-electron chi connectivity index (χ1n) is 14.9. The number of anilines is 2. The molecule has 0 aliphatic heterocycles. The van der Waals surface area contributed by atoms with E-state index in [4.69, 9.17) is 4.74 Å². The molecule has 4 aromatic rings.